The van der Waals surface area contributed by atoms with Gasteiger partial charge in [-0.05, 0) is 24.3 Å². The van der Waals surface area contributed by atoms with Gasteiger partial charge in [0, 0.05) is 29.1 Å². The van der Waals surface area contributed by atoms with Crippen molar-refractivity contribution in [2.24, 2.45) is 0 Å². The number of halogens is 1. The zero-order chi connectivity index (χ0) is 14.6. The lowest BCUT2D eigenvalue weighted by Crippen LogP contribution is -2.20. The summed E-state index contributed by atoms with van der Waals surface area (Å²) in [5.41, 5.74) is 0.819. The molecule has 0 N–H and O–H groups in total. The minimum Gasteiger partial charge on any atom is -0.496 e. The van der Waals surface area contributed by atoms with Crippen LogP contribution < -0.4 is 9.47 Å². The maximum absolute atomic E-state index is 6.06. The van der Waals surface area contributed by atoms with Crippen LogP contribution in [0.5, 0.6) is 17.4 Å². The van der Waals surface area contributed by atoms with Crippen LogP contribution in [0, 0.1) is 0 Å². The first-order valence-corrected chi connectivity index (χ1v) is 6.93. The Labute approximate surface area is 124 Å². The van der Waals surface area contributed by atoms with Gasteiger partial charge in [0.25, 0.3) is 0 Å². The van der Waals surface area contributed by atoms with Crippen LogP contribution in [0.1, 0.15) is 19.4 Å². The van der Waals surface area contributed by atoms with Gasteiger partial charge in [0.2, 0.25) is 5.88 Å². The van der Waals surface area contributed by atoms with Gasteiger partial charge in [-0.15, -0.1) is 11.6 Å². The molecule has 2 aromatic rings. The van der Waals surface area contributed by atoms with Crippen LogP contribution in [0.15, 0.2) is 42.6 Å². The average Bonchev–Trinajstić information content (AvgIpc) is 2.48. The van der Waals surface area contributed by atoms with Crippen LogP contribution in [0.4, 0.5) is 0 Å². The number of nitrogens with zero attached hydrogens (tertiary/aromatic N) is 1. The van der Waals surface area contributed by atoms with Crippen LogP contribution in [-0.4, -0.2) is 18.0 Å². The predicted octanol–water partition coefficient (Wildman–Crippen LogP) is 4.40. The molecule has 2 rings (SSSR count). The zero-order valence-corrected chi connectivity index (χ0v) is 12.6. The Kier molecular flexibility index (Phi) is 4.50. The number of hydrogen-bond acceptors (Lipinski definition) is 3. The van der Waals surface area contributed by atoms with E-state index in [1.165, 1.54) is 0 Å². The van der Waals surface area contributed by atoms with Gasteiger partial charge in [-0.3, -0.25) is 0 Å². The van der Waals surface area contributed by atoms with E-state index in [1.54, 1.807) is 13.3 Å². The first-order valence-electron chi connectivity index (χ1n) is 6.40. The second kappa shape index (κ2) is 6.14. The van der Waals surface area contributed by atoms with Crippen molar-refractivity contribution >= 4 is 11.6 Å². The molecule has 106 valence electrons. The molecule has 0 bridgehead atoms. The Morgan fingerprint density at radius 2 is 2.00 bits per heavy atom. The number of aromatic nitrogens is 1. The molecule has 0 unspecified atom stereocenters. The summed E-state index contributed by atoms with van der Waals surface area (Å²) in [4.78, 5) is 4.15. The smallest absolute Gasteiger partial charge is 0.219 e. The standard InChI is InChI=1S/C16H18ClNO2/c1-16(2,11-17)13-10-12(7-8-14(13)19-3)20-15-6-4-5-9-18-15/h4-10H,11H2,1-3H3. The molecule has 0 saturated carbocycles. The number of alkyl halides is 1. The Morgan fingerprint density at radius 3 is 2.60 bits per heavy atom. The van der Waals surface area contributed by atoms with Gasteiger partial charge in [0.1, 0.15) is 11.5 Å². The lowest BCUT2D eigenvalue weighted by Gasteiger charge is -2.25. The van der Waals surface area contributed by atoms with Gasteiger partial charge >= 0.3 is 0 Å². The third-order valence-electron chi connectivity index (χ3n) is 3.09. The zero-order valence-electron chi connectivity index (χ0n) is 11.9. The SMILES string of the molecule is COc1ccc(Oc2ccccn2)cc1C(C)(C)CCl. The maximum atomic E-state index is 6.06. The molecule has 20 heavy (non-hydrogen) atoms. The molecular weight excluding hydrogens is 274 g/mol. The molecule has 1 aromatic heterocycles. The van der Waals surface area contributed by atoms with Crippen molar-refractivity contribution in [3.63, 3.8) is 0 Å². The van der Waals surface area contributed by atoms with Crippen LogP contribution in [0.2, 0.25) is 0 Å². The van der Waals surface area contributed by atoms with Crippen LogP contribution in [0.3, 0.4) is 0 Å². The first-order chi connectivity index (χ1) is 9.56. The summed E-state index contributed by atoms with van der Waals surface area (Å²) in [6.45, 7) is 4.14. The van der Waals surface area contributed by atoms with Gasteiger partial charge < -0.3 is 9.47 Å². The van der Waals surface area contributed by atoms with Crippen molar-refractivity contribution in [3.05, 3.63) is 48.2 Å². The number of methoxy groups -OCH3 is 1. The highest BCUT2D eigenvalue weighted by atomic mass is 35.5. The highest BCUT2D eigenvalue weighted by molar-refractivity contribution is 6.18. The second-order valence-electron chi connectivity index (χ2n) is 5.15. The van der Waals surface area contributed by atoms with Crippen molar-refractivity contribution in [2.45, 2.75) is 19.3 Å². The minimum atomic E-state index is -0.198. The molecule has 0 aliphatic carbocycles. The van der Waals surface area contributed by atoms with E-state index in [0.717, 1.165) is 17.1 Å². The van der Waals surface area contributed by atoms with E-state index in [1.807, 2.05) is 36.4 Å². The summed E-state index contributed by atoms with van der Waals surface area (Å²) in [6.07, 6.45) is 1.70. The van der Waals surface area contributed by atoms with Crippen molar-refractivity contribution in [3.8, 4) is 17.4 Å². The van der Waals surface area contributed by atoms with Crippen molar-refractivity contribution in [1.82, 2.24) is 4.98 Å². The van der Waals surface area contributed by atoms with Crippen LogP contribution in [-0.2, 0) is 5.41 Å². The van der Waals surface area contributed by atoms with E-state index in [2.05, 4.69) is 18.8 Å². The fourth-order valence-corrected chi connectivity index (χ4v) is 2.02. The highest BCUT2D eigenvalue weighted by Gasteiger charge is 2.24. The molecule has 0 spiro atoms. The van der Waals surface area contributed by atoms with Gasteiger partial charge in [0.05, 0.1) is 7.11 Å². The van der Waals surface area contributed by atoms with Crippen molar-refractivity contribution < 1.29 is 9.47 Å². The number of hydrogen-bond donors (Lipinski definition) is 0. The number of pyridine rings is 1. The summed E-state index contributed by atoms with van der Waals surface area (Å²) in [6, 6.07) is 11.3. The van der Waals surface area contributed by atoms with Crippen LogP contribution >= 0.6 is 11.6 Å². The summed E-state index contributed by atoms with van der Waals surface area (Å²) in [5.74, 6) is 2.59. The third-order valence-corrected chi connectivity index (χ3v) is 3.76. The number of rotatable bonds is 5. The lowest BCUT2D eigenvalue weighted by atomic mass is 9.86. The van der Waals surface area contributed by atoms with E-state index in [9.17, 15) is 0 Å². The molecule has 0 fully saturated rings. The Balaban J connectivity index is 2.35. The predicted molar refractivity (Wildman–Crippen MR) is 81.1 cm³/mol. The van der Waals surface area contributed by atoms with E-state index in [4.69, 9.17) is 21.1 Å². The number of benzene rings is 1. The van der Waals surface area contributed by atoms with Crippen molar-refractivity contribution in [1.29, 1.82) is 0 Å². The summed E-state index contributed by atoms with van der Waals surface area (Å²) >= 11 is 6.06. The van der Waals surface area contributed by atoms with Crippen molar-refractivity contribution in [2.75, 3.05) is 13.0 Å². The topological polar surface area (TPSA) is 31.4 Å². The average molecular weight is 292 g/mol. The molecular formula is C16H18ClNO2. The summed E-state index contributed by atoms with van der Waals surface area (Å²) < 4.78 is 11.2. The van der Waals surface area contributed by atoms with Gasteiger partial charge in [-0.25, -0.2) is 4.98 Å². The molecule has 0 atom stereocenters. The maximum Gasteiger partial charge on any atom is 0.219 e. The molecule has 1 heterocycles. The molecule has 0 amide bonds. The third kappa shape index (κ3) is 3.23. The lowest BCUT2D eigenvalue weighted by molar-refractivity contribution is 0.394. The Bertz CT molecular complexity index is 570. The fourth-order valence-electron chi connectivity index (χ4n) is 1.88. The Hall–Kier alpha value is -1.74. The van der Waals surface area contributed by atoms with Gasteiger partial charge in [-0.2, -0.15) is 0 Å². The van der Waals surface area contributed by atoms with E-state index in [0.29, 0.717) is 11.8 Å². The highest BCUT2D eigenvalue weighted by Crippen LogP contribution is 2.36. The van der Waals surface area contributed by atoms with Gasteiger partial charge in [0.15, 0.2) is 0 Å². The molecule has 0 aliphatic rings. The fraction of sp³-hybridized carbons (Fsp3) is 0.312. The van der Waals surface area contributed by atoms with Gasteiger partial charge in [-0.1, -0.05) is 19.9 Å². The summed E-state index contributed by atoms with van der Waals surface area (Å²) in [7, 11) is 1.66. The quantitative estimate of drug-likeness (QED) is 0.765. The largest absolute Gasteiger partial charge is 0.496 e. The van der Waals surface area contributed by atoms with E-state index in [-0.39, 0.29) is 5.41 Å². The monoisotopic (exact) mass is 291 g/mol. The first kappa shape index (κ1) is 14.7. The molecule has 3 nitrogen and oxygen atoms in total. The van der Waals surface area contributed by atoms with E-state index < -0.39 is 0 Å². The second-order valence-corrected chi connectivity index (χ2v) is 5.42. The molecule has 4 heteroatoms. The Morgan fingerprint density at radius 1 is 1.20 bits per heavy atom. The number of ether oxygens (including phenoxy) is 2. The summed E-state index contributed by atoms with van der Waals surface area (Å²) in [5, 5.41) is 0. The minimum absolute atomic E-state index is 0.198. The van der Waals surface area contributed by atoms with Crippen LogP contribution in [0.25, 0.3) is 0 Å². The molecule has 0 radical (unpaired) electrons. The van der Waals surface area contributed by atoms with E-state index >= 15 is 0 Å². The normalized spacial score (nSPS) is 11.2. The molecule has 0 aliphatic heterocycles. The molecule has 1 aromatic carbocycles. The molecule has 0 saturated heterocycles.